The zero-order valence-electron chi connectivity index (χ0n) is 16.0. The molecule has 2 aromatic rings. The first-order chi connectivity index (χ1) is 13.0. The largest absolute Gasteiger partial charge is 0.493 e. The molecule has 0 radical (unpaired) electrons. The molecule has 0 saturated carbocycles. The minimum absolute atomic E-state index is 0.0417. The van der Waals surface area contributed by atoms with Gasteiger partial charge in [-0.3, -0.25) is 4.79 Å². The second kappa shape index (κ2) is 10.1. The zero-order valence-corrected chi connectivity index (χ0v) is 17.5. The first-order valence-corrected chi connectivity index (χ1v) is 9.19. The van der Waals surface area contributed by atoms with E-state index in [1.807, 2.05) is 30.3 Å². The number of hydrogen-bond acceptors (Lipinski definition) is 5. The van der Waals surface area contributed by atoms with Gasteiger partial charge in [-0.1, -0.05) is 22.0 Å². The van der Waals surface area contributed by atoms with Crippen molar-refractivity contribution in [3.63, 3.8) is 0 Å². The predicted molar refractivity (Wildman–Crippen MR) is 107 cm³/mol. The second-order valence-corrected chi connectivity index (χ2v) is 6.70. The number of methoxy groups -OCH3 is 3. The highest BCUT2D eigenvalue weighted by Crippen LogP contribution is 2.39. The van der Waals surface area contributed by atoms with Crippen LogP contribution in [0.25, 0.3) is 0 Å². The van der Waals surface area contributed by atoms with Gasteiger partial charge in [0.1, 0.15) is 12.4 Å². The second-order valence-electron chi connectivity index (χ2n) is 5.79. The molecular formula is C20H24BrNO5. The van der Waals surface area contributed by atoms with Gasteiger partial charge in [0.2, 0.25) is 11.7 Å². The van der Waals surface area contributed by atoms with E-state index in [2.05, 4.69) is 15.9 Å². The Morgan fingerprint density at radius 3 is 2.22 bits per heavy atom. The normalized spacial score (nSPS) is 10.3. The first kappa shape index (κ1) is 20.9. The van der Waals surface area contributed by atoms with Crippen LogP contribution in [0.5, 0.6) is 23.0 Å². The SMILES string of the molecule is COc1ccc(CC(=O)N(C)CCOc2ccc(Br)cc2)c(OC)c1OC. The molecule has 0 aromatic heterocycles. The molecule has 146 valence electrons. The average Bonchev–Trinajstić information content (AvgIpc) is 2.68. The molecule has 0 atom stereocenters. The highest BCUT2D eigenvalue weighted by molar-refractivity contribution is 9.10. The van der Waals surface area contributed by atoms with Crippen molar-refractivity contribution in [3.8, 4) is 23.0 Å². The summed E-state index contributed by atoms with van der Waals surface area (Å²) in [5.74, 6) is 2.26. The summed E-state index contributed by atoms with van der Waals surface area (Å²) >= 11 is 3.38. The van der Waals surface area contributed by atoms with Crippen LogP contribution in [0.4, 0.5) is 0 Å². The molecule has 0 aliphatic heterocycles. The van der Waals surface area contributed by atoms with E-state index >= 15 is 0 Å². The fourth-order valence-electron chi connectivity index (χ4n) is 2.56. The van der Waals surface area contributed by atoms with E-state index in [0.717, 1.165) is 15.8 Å². The number of hydrogen-bond donors (Lipinski definition) is 0. The molecule has 7 heteroatoms. The number of rotatable bonds is 9. The summed E-state index contributed by atoms with van der Waals surface area (Å²) in [6.07, 6.45) is 0.193. The minimum Gasteiger partial charge on any atom is -0.493 e. The van der Waals surface area contributed by atoms with E-state index < -0.39 is 0 Å². The third-order valence-corrected chi connectivity index (χ3v) is 4.59. The molecule has 0 N–H and O–H groups in total. The van der Waals surface area contributed by atoms with Crippen LogP contribution in [-0.2, 0) is 11.2 Å². The lowest BCUT2D eigenvalue weighted by atomic mass is 10.1. The van der Waals surface area contributed by atoms with Crippen molar-refractivity contribution < 1.29 is 23.7 Å². The highest BCUT2D eigenvalue weighted by atomic mass is 79.9. The summed E-state index contributed by atoms with van der Waals surface area (Å²) in [6, 6.07) is 11.1. The van der Waals surface area contributed by atoms with Crippen molar-refractivity contribution in [2.45, 2.75) is 6.42 Å². The van der Waals surface area contributed by atoms with Gasteiger partial charge in [0.15, 0.2) is 11.5 Å². The Morgan fingerprint density at radius 2 is 1.63 bits per heavy atom. The molecule has 0 spiro atoms. The smallest absolute Gasteiger partial charge is 0.226 e. The average molecular weight is 438 g/mol. The number of amides is 1. The van der Waals surface area contributed by atoms with Crippen molar-refractivity contribution >= 4 is 21.8 Å². The van der Waals surface area contributed by atoms with E-state index in [9.17, 15) is 4.79 Å². The summed E-state index contributed by atoms with van der Waals surface area (Å²) in [7, 11) is 6.39. The molecule has 0 fully saturated rings. The van der Waals surface area contributed by atoms with Gasteiger partial charge < -0.3 is 23.8 Å². The van der Waals surface area contributed by atoms with E-state index in [1.54, 1.807) is 32.2 Å². The van der Waals surface area contributed by atoms with E-state index in [1.165, 1.54) is 7.11 Å². The molecule has 0 heterocycles. The number of carbonyl (C=O) groups is 1. The molecule has 0 aliphatic carbocycles. The van der Waals surface area contributed by atoms with Crippen LogP contribution >= 0.6 is 15.9 Å². The maximum absolute atomic E-state index is 12.6. The predicted octanol–water partition coefficient (Wildman–Crippen LogP) is 3.55. The van der Waals surface area contributed by atoms with Gasteiger partial charge in [0, 0.05) is 17.1 Å². The molecule has 27 heavy (non-hydrogen) atoms. The van der Waals surface area contributed by atoms with Crippen molar-refractivity contribution in [2.24, 2.45) is 0 Å². The Labute approximate surface area is 168 Å². The Hall–Kier alpha value is -2.41. The maximum Gasteiger partial charge on any atom is 0.226 e. The van der Waals surface area contributed by atoms with Gasteiger partial charge in [-0.25, -0.2) is 0 Å². The topological polar surface area (TPSA) is 57.2 Å². The van der Waals surface area contributed by atoms with Crippen molar-refractivity contribution in [3.05, 3.63) is 46.4 Å². The van der Waals surface area contributed by atoms with Crippen LogP contribution in [0.15, 0.2) is 40.9 Å². The molecule has 0 bridgehead atoms. The van der Waals surface area contributed by atoms with Crippen LogP contribution in [0.2, 0.25) is 0 Å². The lowest BCUT2D eigenvalue weighted by Crippen LogP contribution is -2.32. The molecule has 0 saturated heterocycles. The molecule has 6 nitrogen and oxygen atoms in total. The number of carbonyl (C=O) groups excluding carboxylic acids is 1. The Kier molecular flexibility index (Phi) is 7.79. The first-order valence-electron chi connectivity index (χ1n) is 8.40. The van der Waals surface area contributed by atoms with E-state index in [4.69, 9.17) is 18.9 Å². The van der Waals surface area contributed by atoms with Crippen LogP contribution in [-0.4, -0.2) is 52.3 Å². The fraction of sp³-hybridized carbons (Fsp3) is 0.350. The van der Waals surface area contributed by atoms with Crippen molar-refractivity contribution in [1.82, 2.24) is 4.90 Å². The zero-order chi connectivity index (χ0) is 19.8. The molecule has 0 unspecified atom stereocenters. The van der Waals surface area contributed by atoms with Gasteiger partial charge in [-0.2, -0.15) is 0 Å². The van der Waals surface area contributed by atoms with Crippen molar-refractivity contribution in [1.29, 1.82) is 0 Å². The molecule has 2 aromatic carbocycles. The fourth-order valence-corrected chi connectivity index (χ4v) is 2.82. The highest BCUT2D eigenvalue weighted by Gasteiger charge is 2.19. The third-order valence-electron chi connectivity index (χ3n) is 4.06. The van der Waals surface area contributed by atoms with Gasteiger partial charge >= 0.3 is 0 Å². The Bertz CT molecular complexity index is 764. The maximum atomic E-state index is 12.6. The molecule has 2 rings (SSSR count). The van der Waals surface area contributed by atoms with E-state index in [-0.39, 0.29) is 12.3 Å². The lowest BCUT2D eigenvalue weighted by molar-refractivity contribution is -0.129. The quantitative estimate of drug-likeness (QED) is 0.600. The van der Waals surface area contributed by atoms with Crippen LogP contribution in [0.3, 0.4) is 0 Å². The summed E-state index contributed by atoms with van der Waals surface area (Å²) in [5, 5.41) is 0. The standard InChI is InChI=1S/C20H24BrNO5/c1-22(11-12-27-16-8-6-15(21)7-9-16)18(23)13-14-5-10-17(24-2)20(26-4)19(14)25-3/h5-10H,11-13H2,1-4H3. The van der Waals surface area contributed by atoms with Crippen LogP contribution in [0.1, 0.15) is 5.56 Å². The molecule has 0 aliphatic rings. The number of likely N-dealkylation sites (N-methyl/N-ethyl adjacent to an activating group) is 1. The number of halogens is 1. The lowest BCUT2D eigenvalue weighted by Gasteiger charge is -2.19. The van der Waals surface area contributed by atoms with Gasteiger partial charge in [-0.05, 0) is 30.3 Å². The Morgan fingerprint density at radius 1 is 0.963 bits per heavy atom. The number of benzene rings is 2. The van der Waals surface area contributed by atoms with Gasteiger partial charge in [0.25, 0.3) is 0 Å². The molecule has 1 amide bonds. The van der Waals surface area contributed by atoms with E-state index in [0.29, 0.717) is 30.4 Å². The number of nitrogens with zero attached hydrogens (tertiary/aromatic N) is 1. The summed E-state index contributed by atoms with van der Waals surface area (Å²) < 4.78 is 22.7. The summed E-state index contributed by atoms with van der Waals surface area (Å²) in [6.45, 7) is 0.886. The third kappa shape index (κ3) is 5.53. The molecular weight excluding hydrogens is 414 g/mol. The van der Waals surface area contributed by atoms with Crippen LogP contribution in [0, 0.1) is 0 Å². The van der Waals surface area contributed by atoms with Gasteiger partial charge in [0.05, 0.1) is 34.3 Å². The van der Waals surface area contributed by atoms with Crippen molar-refractivity contribution in [2.75, 3.05) is 41.5 Å². The number of ether oxygens (including phenoxy) is 4. The van der Waals surface area contributed by atoms with Crippen LogP contribution < -0.4 is 18.9 Å². The van der Waals surface area contributed by atoms with Gasteiger partial charge in [-0.15, -0.1) is 0 Å². The summed E-state index contributed by atoms with van der Waals surface area (Å²) in [4.78, 5) is 14.2. The minimum atomic E-state index is -0.0417. The Balaban J connectivity index is 1.96. The summed E-state index contributed by atoms with van der Waals surface area (Å²) in [5.41, 5.74) is 0.737. The monoisotopic (exact) mass is 437 g/mol.